The average molecular weight is 213 g/mol. The molecule has 0 aromatic carbocycles. The molecular formula is C13H27NO. The third-order valence-corrected chi connectivity index (χ3v) is 3.92. The normalized spacial score (nSPS) is 20.8. The Balaban J connectivity index is 2.29. The predicted molar refractivity (Wildman–Crippen MR) is 65.2 cm³/mol. The standard InChI is InChI=1S/C13H27NO/c1-5-6-9-14-10-7-12(8-11-14)13(2,3)15-4/h12H,5-11H2,1-4H3. The van der Waals surface area contributed by atoms with Crippen LogP contribution in [0.1, 0.15) is 46.5 Å². The van der Waals surface area contributed by atoms with E-state index in [0.717, 1.165) is 5.92 Å². The van der Waals surface area contributed by atoms with Crippen molar-refractivity contribution in [3.63, 3.8) is 0 Å². The van der Waals surface area contributed by atoms with E-state index in [9.17, 15) is 0 Å². The molecule has 0 unspecified atom stereocenters. The first kappa shape index (κ1) is 13.0. The smallest absolute Gasteiger partial charge is 0.0651 e. The lowest BCUT2D eigenvalue weighted by atomic mass is 9.83. The van der Waals surface area contributed by atoms with E-state index in [1.165, 1.54) is 45.3 Å². The molecule has 0 saturated carbocycles. The maximum Gasteiger partial charge on any atom is 0.0651 e. The number of nitrogens with zero attached hydrogens (tertiary/aromatic N) is 1. The third-order valence-electron chi connectivity index (χ3n) is 3.92. The van der Waals surface area contributed by atoms with Crippen LogP contribution in [-0.2, 0) is 4.74 Å². The number of hydrogen-bond acceptors (Lipinski definition) is 2. The molecule has 0 aromatic heterocycles. The summed E-state index contributed by atoms with van der Waals surface area (Å²) in [6, 6.07) is 0. The Morgan fingerprint density at radius 3 is 2.33 bits per heavy atom. The summed E-state index contributed by atoms with van der Waals surface area (Å²) in [5.74, 6) is 0.736. The second-order valence-corrected chi connectivity index (χ2v) is 5.28. The minimum absolute atomic E-state index is 0.0663. The van der Waals surface area contributed by atoms with E-state index in [2.05, 4.69) is 25.7 Å². The SMILES string of the molecule is CCCCN1CCC(C(C)(C)OC)CC1. The molecule has 0 radical (unpaired) electrons. The molecule has 0 spiro atoms. The molecule has 2 heteroatoms. The first-order valence-corrected chi connectivity index (χ1v) is 6.37. The van der Waals surface area contributed by atoms with E-state index in [0.29, 0.717) is 0 Å². The van der Waals surface area contributed by atoms with Gasteiger partial charge in [0.25, 0.3) is 0 Å². The Hall–Kier alpha value is -0.0800. The zero-order valence-corrected chi connectivity index (χ0v) is 10.9. The topological polar surface area (TPSA) is 12.5 Å². The third kappa shape index (κ3) is 3.76. The van der Waals surface area contributed by atoms with Gasteiger partial charge in [0.2, 0.25) is 0 Å². The van der Waals surface area contributed by atoms with Crippen LogP contribution < -0.4 is 0 Å². The van der Waals surface area contributed by atoms with Crippen LogP contribution in [0.3, 0.4) is 0 Å². The molecule has 0 aliphatic carbocycles. The highest BCUT2D eigenvalue weighted by atomic mass is 16.5. The second kappa shape index (κ2) is 5.86. The van der Waals surface area contributed by atoms with Gasteiger partial charge in [0.05, 0.1) is 5.60 Å². The summed E-state index contributed by atoms with van der Waals surface area (Å²) >= 11 is 0. The van der Waals surface area contributed by atoms with Gasteiger partial charge in [-0.3, -0.25) is 0 Å². The fraction of sp³-hybridized carbons (Fsp3) is 1.00. The van der Waals surface area contributed by atoms with E-state index >= 15 is 0 Å². The summed E-state index contributed by atoms with van der Waals surface area (Å²) in [6.07, 6.45) is 5.25. The zero-order chi connectivity index (χ0) is 11.3. The van der Waals surface area contributed by atoms with E-state index in [1.807, 2.05) is 7.11 Å². The van der Waals surface area contributed by atoms with Crippen molar-refractivity contribution < 1.29 is 4.74 Å². The van der Waals surface area contributed by atoms with Gasteiger partial charge in [0, 0.05) is 7.11 Å². The van der Waals surface area contributed by atoms with Gasteiger partial charge >= 0.3 is 0 Å². The van der Waals surface area contributed by atoms with Crippen LogP contribution in [0.4, 0.5) is 0 Å². The number of rotatable bonds is 5. The number of likely N-dealkylation sites (tertiary alicyclic amines) is 1. The van der Waals surface area contributed by atoms with Gasteiger partial charge in [-0.25, -0.2) is 0 Å². The molecule has 0 N–H and O–H groups in total. The largest absolute Gasteiger partial charge is 0.379 e. The molecule has 90 valence electrons. The summed E-state index contributed by atoms with van der Waals surface area (Å²) in [6.45, 7) is 10.5. The average Bonchev–Trinajstić information content (AvgIpc) is 2.27. The van der Waals surface area contributed by atoms with E-state index in [-0.39, 0.29) is 5.60 Å². The quantitative estimate of drug-likeness (QED) is 0.696. The predicted octanol–water partition coefficient (Wildman–Crippen LogP) is 2.92. The Morgan fingerprint density at radius 1 is 1.27 bits per heavy atom. The van der Waals surface area contributed by atoms with E-state index < -0.39 is 0 Å². The molecule has 15 heavy (non-hydrogen) atoms. The van der Waals surface area contributed by atoms with Crippen molar-refractivity contribution in [1.29, 1.82) is 0 Å². The summed E-state index contributed by atoms with van der Waals surface area (Å²) in [7, 11) is 1.84. The Kier molecular flexibility index (Phi) is 5.07. The van der Waals surface area contributed by atoms with Crippen LogP contribution in [0.2, 0.25) is 0 Å². The zero-order valence-electron chi connectivity index (χ0n) is 10.9. The van der Waals surface area contributed by atoms with Crippen molar-refractivity contribution in [2.24, 2.45) is 5.92 Å². The molecule has 0 amide bonds. The second-order valence-electron chi connectivity index (χ2n) is 5.28. The van der Waals surface area contributed by atoms with Crippen LogP contribution in [0, 0.1) is 5.92 Å². The number of hydrogen-bond donors (Lipinski definition) is 0. The Bertz CT molecular complexity index is 171. The first-order chi connectivity index (χ1) is 7.10. The van der Waals surface area contributed by atoms with Crippen molar-refractivity contribution in [3.05, 3.63) is 0 Å². The van der Waals surface area contributed by atoms with Crippen LogP contribution in [-0.4, -0.2) is 37.2 Å². The van der Waals surface area contributed by atoms with Gasteiger partial charge in [-0.1, -0.05) is 13.3 Å². The lowest BCUT2D eigenvalue weighted by Gasteiger charge is -2.39. The van der Waals surface area contributed by atoms with Gasteiger partial charge in [-0.2, -0.15) is 0 Å². The van der Waals surface area contributed by atoms with Gasteiger partial charge in [0.1, 0.15) is 0 Å². The summed E-state index contributed by atoms with van der Waals surface area (Å²) in [4.78, 5) is 2.60. The minimum Gasteiger partial charge on any atom is -0.379 e. The molecule has 1 saturated heterocycles. The Morgan fingerprint density at radius 2 is 1.87 bits per heavy atom. The monoisotopic (exact) mass is 213 g/mol. The number of methoxy groups -OCH3 is 1. The molecule has 1 fully saturated rings. The minimum atomic E-state index is 0.0663. The maximum absolute atomic E-state index is 5.57. The van der Waals surface area contributed by atoms with E-state index in [4.69, 9.17) is 4.74 Å². The van der Waals surface area contributed by atoms with Gasteiger partial charge in [-0.05, 0) is 58.7 Å². The van der Waals surface area contributed by atoms with Crippen molar-refractivity contribution in [1.82, 2.24) is 4.90 Å². The molecular weight excluding hydrogens is 186 g/mol. The number of ether oxygens (including phenoxy) is 1. The molecule has 1 rings (SSSR count). The van der Waals surface area contributed by atoms with Gasteiger partial charge < -0.3 is 9.64 Å². The molecule has 0 bridgehead atoms. The summed E-state index contributed by atoms with van der Waals surface area (Å²) < 4.78 is 5.57. The molecule has 2 nitrogen and oxygen atoms in total. The fourth-order valence-electron chi connectivity index (χ4n) is 2.40. The highest BCUT2D eigenvalue weighted by molar-refractivity contribution is 4.84. The molecule has 0 atom stereocenters. The van der Waals surface area contributed by atoms with Gasteiger partial charge in [-0.15, -0.1) is 0 Å². The van der Waals surface area contributed by atoms with Crippen molar-refractivity contribution in [3.8, 4) is 0 Å². The highest BCUT2D eigenvalue weighted by Gasteiger charge is 2.31. The van der Waals surface area contributed by atoms with Crippen molar-refractivity contribution >= 4 is 0 Å². The van der Waals surface area contributed by atoms with Crippen LogP contribution in [0.15, 0.2) is 0 Å². The Labute approximate surface area is 95.0 Å². The van der Waals surface area contributed by atoms with Crippen LogP contribution in [0.25, 0.3) is 0 Å². The molecule has 1 aliphatic heterocycles. The molecule has 1 heterocycles. The highest BCUT2D eigenvalue weighted by Crippen LogP contribution is 2.30. The van der Waals surface area contributed by atoms with Crippen LogP contribution in [0.5, 0.6) is 0 Å². The maximum atomic E-state index is 5.57. The van der Waals surface area contributed by atoms with E-state index in [1.54, 1.807) is 0 Å². The van der Waals surface area contributed by atoms with Crippen LogP contribution >= 0.6 is 0 Å². The number of piperidine rings is 1. The number of unbranched alkanes of at least 4 members (excludes halogenated alkanes) is 1. The fourth-order valence-corrected chi connectivity index (χ4v) is 2.40. The van der Waals surface area contributed by atoms with Crippen molar-refractivity contribution in [2.45, 2.75) is 52.1 Å². The lowest BCUT2D eigenvalue weighted by molar-refractivity contribution is -0.0486. The summed E-state index contributed by atoms with van der Waals surface area (Å²) in [5, 5.41) is 0. The summed E-state index contributed by atoms with van der Waals surface area (Å²) in [5.41, 5.74) is 0.0663. The molecule has 0 aromatic rings. The van der Waals surface area contributed by atoms with Crippen molar-refractivity contribution in [2.75, 3.05) is 26.7 Å². The lowest BCUT2D eigenvalue weighted by Crippen LogP contribution is -2.43. The molecule has 1 aliphatic rings. The van der Waals surface area contributed by atoms with Gasteiger partial charge in [0.15, 0.2) is 0 Å². The first-order valence-electron chi connectivity index (χ1n) is 6.37.